The highest BCUT2D eigenvalue weighted by molar-refractivity contribution is 7.89. The molecule has 132 valence electrons. The largest absolute Gasteiger partial charge is 0.348 e. The van der Waals surface area contributed by atoms with Crippen LogP contribution in [0.1, 0.15) is 22.8 Å². The molecular weight excluding hydrogens is 346 g/mol. The fourth-order valence-corrected chi connectivity index (χ4v) is 3.12. The van der Waals surface area contributed by atoms with Crippen molar-refractivity contribution in [1.29, 1.82) is 0 Å². The molecule has 8 nitrogen and oxygen atoms in total. The Morgan fingerprint density at radius 3 is 2.20 bits per heavy atom. The Morgan fingerprint density at radius 1 is 1.08 bits per heavy atom. The number of carbonyl (C=O) groups is 1. The number of hydrogen-bond acceptors (Lipinski definition) is 5. The molecule has 0 aliphatic carbocycles. The van der Waals surface area contributed by atoms with Crippen LogP contribution in [0.25, 0.3) is 0 Å². The lowest BCUT2D eigenvalue weighted by atomic mass is 10.2. The van der Waals surface area contributed by atoms with Crippen LogP contribution in [-0.4, -0.2) is 25.8 Å². The predicted molar refractivity (Wildman–Crippen MR) is 91.6 cm³/mol. The third kappa shape index (κ3) is 4.85. The Hall–Kier alpha value is -2.78. The summed E-state index contributed by atoms with van der Waals surface area (Å²) in [4.78, 5) is 22.3. The van der Waals surface area contributed by atoms with Crippen LogP contribution in [0.15, 0.2) is 53.4 Å². The minimum absolute atomic E-state index is 0.0208. The molecule has 0 saturated carbocycles. The third-order valence-electron chi connectivity index (χ3n) is 3.36. The molecule has 2 N–H and O–H groups in total. The highest BCUT2D eigenvalue weighted by Crippen LogP contribution is 2.13. The molecule has 0 bridgehead atoms. The fraction of sp³-hybridized carbons (Fsp3) is 0.188. The Labute approximate surface area is 145 Å². The second-order valence-electron chi connectivity index (χ2n) is 5.13. The van der Waals surface area contributed by atoms with Gasteiger partial charge in [0.1, 0.15) is 0 Å². The summed E-state index contributed by atoms with van der Waals surface area (Å²) in [6.45, 7) is 2.16. The Morgan fingerprint density at radius 2 is 1.68 bits per heavy atom. The van der Waals surface area contributed by atoms with E-state index >= 15 is 0 Å². The summed E-state index contributed by atoms with van der Waals surface area (Å²) in [6.07, 6.45) is 0. The van der Waals surface area contributed by atoms with Gasteiger partial charge in [-0.15, -0.1) is 0 Å². The van der Waals surface area contributed by atoms with Crippen LogP contribution in [0.2, 0.25) is 0 Å². The summed E-state index contributed by atoms with van der Waals surface area (Å²) in [6, 6.07) is 11.4. The quantitative estimate of drug-likeness (QED) is 0.574. The van der Waals surface area contributed by atoms with E-state index in [1.165, 1.54) is 36.4 Å². The van der Waals surface area contributed by atoms with E-state index in [1.54, 1.807) is 19.1 Å². The molecule has 0 saturated heterocycles. The van der Waals surface area contributed by atoms with Crippen molar-refractivity contribution in [3.63, 3.8) is 0 Å². The zero-order valence-electron chi connectivity index (χ0n) is 13.4. The van der Waals surface area contributed by atoms with Gasteiger partial charge in [0.15, 0.2) is 0 Å². The smallest absolute Gasteiger partial charge is 0.269 e. The molecule has 0 aliphatic heterocycles. The zero-order chi connectivity index (χ0) is 18.4. The van der Waals surface area contributed by atoms with Gasteiger partial charge in [0.05, 0.1) is 9.82 Å². The maximum atomic E-state index is 12.1. The van der Waals surface area contributed by atoms with Crippen LogP contribution in [0, 0.1) is 10.1 Å². The summed E-state index contributed by atoms with van der Waals surface area (Å²) in [5.74, 6) is -0.370. The fourth-order valence-electron chi connectivity index (χ4n) is 2.08. The van der Waals surface area contributed by atoms with Gasteiger partial charge in [0, 0.05) is 30.8 Å². The van der Waals surface area contributed by atoms with E-state index in [1.807, 2.05) is 0 Å². The molecular formula is C16H17N3O5S. The molecule has 0 atom stereocenters. The number of nitro groups is 1. The monoisotopic (exact) mass is 363 g/mol. The zero-order valence-corrected chi connectivity index (χ0v) is 14.2. The first-order valence-corrected chi connectivity index (χ1v) is 8.93. The molecule has 0 radical (unpaired) electrons. The number of sulfonamides is 1. The summed E-state index contributed by atoms with van der Waals surface area (Å²) in [5, 5.41) is 13.3. The number of non-ortho nitro benzene ring substituents is 1. The van der Waals surface area contributed by atoms with Crippen molar-refractivity contribution in [3.05, 3.63) is 69.8 Å². The third-order valence-corrected chi connectivity index (χ3v) is 4.92. The van der Waals surface area contributed by atoms with E-state index in [2.05, 4.69) is 10.0 Å². The van der Waals surface area contributed by atoms with E-state index in [0.29, 0.717) is 11.1 Å². The van der Waals surface area contributed by atoms with Gasteiger partial charge in [-0.25, -0.2) is 13.1 Å². The van der Waals surface area contributed by atoms with Gasteiger partial charge in [-0.3, -0.25) is 14.9 Å². The van der Waals surface area contributed by atoms with Gasteiger partial charge < -0.3 is 5.32 Å². The molecule has 0 spiro atoms. The average Bonchev–Trinajstić information content (AvgIpc) is 2.60. The van der Waals surface area contributed by atoms with Gasteiger partial charge >= 0.3 is 0 Å². The Bertz CT molecular complexity index is 862. The number of hydrogen-bond donors (Lipinski definition) is 2. The average molecular weight is 363 g/mol. The molecule has 9 heteroatoms. The van der Waals surface area contributed by atoms with Crippen LogP contribution in [0.5, 0.6) is 0 Å². The number of nitro benzene ring substituents is 1. The first-order chi connectivity index (χ1) is 11.8. The van der Waals surface area contributed by atoms with Crippen LogP contribution >= 0.6 is 0 Å². The highest BCUT2D eigenvalue weighted by atomic mass is 32.2. The van der Waals surface area contributed by atoms with Crippen molar-refractivity contribution < 1.29 is 18.1 Å². The summed E-state index contributed by atoms with van der Waals surface area (Å²) in [5.41, 5.74) is 1.01. The number of rotatable bonds is 7. The van der Waals surface area contributed by atoms with Crippen molar-refractivity contribution in [2.75, 3.05) is 6.54 Å². The second kappa shape index (κ2) is 7.86. The van der Waals surface area contributed by atoms with Gasteiger partial charge in [-0.1, -0.05) is 19.1 Å². The molecule has 0 heterocycles. The van der Waals surface area contributed by atoms with Crippen LogP contribution in [0.3, 0.4) is 0 Å². The molecule has 2 aromatic carbocycles. The van der Waals surface area contributed by atoms with Crippen molar-refractivity contribution >= 4 is 21.6 Å². The molecule has 1 amide bonds. The minimum Gasteiger partial charge on any atom is -0.348 e. The molecule has 0 unspecified atom stereocenters. The van der Waals surface area contributed by atoms with Crippen molar-refractivity contribution in [2.45, 2.75) is 18.4 Å². The van der Waals surface area contributed by atoms with E-state index in [4.69, 9.17) is 0 Å². The van der Waals surface area contributed by atoms with Crippen molar-refractivity contribution in [2.24, 2.45) is 0 Å². The number of nitrogens with one attached hydrogen (secondary N) is 2. The number of nitrogens with zero attached hydrogens (tertiary/aromatic N) is 1. The van der Waals surface area contributed by atoms with Crippen LogP contribution in [-0.2, 0) is 16.6 Å². The summed E-state index contributed by atoms with van der Waals surface area (Å²) in [7, 11) is -3.56. The first kappa shape index (κ1) is 18.6. The predicted octanol–water partition coefficient (Wildman–Crippen LogP) is 1.82. The summed E-state index contributed by atoms with van der Waals surface area (Å²) < 4.78 is 26.0. The van der Waals surface area contributed by atoms with E-state index in [-0.39, 0.29) is 29.6 Å². The summed E-state index contributed by atoms with van der Waals surface area (Å²) >= 11 is 0. The number of carbonyl (C=O) groups excluding carboxylic acids is 1. The lowest BCUT2D eigenvalue weighted by Gasteiger charge is -2.07. The lowest BCUT2D eigenvalue weighted by Crippen LogP contribution is -2.24. The van der Waals surface area contributed by atoms with Crippen molar-refractivity contribution in [1.82, 2.24) is 10.0 Å². The van der Waals surface area contributed by atoms with E-state index in [9.17, 15) is 23.3 Å². The SMILES string of the molecule is CCNS(=O)(=O)c1ccc(C(=O)NCc2ccc([N+](=O)[O-])cc2)cc1. The number of benzene rings is 2. The molecule has 0 aromatic heterocycles. The van der Waals surface area contributed by atoms with E-state index in [0.717, 1.165) is 0 Å². The lowest BCUT2D eigenvalue weighted by molar-refractivity contribution is -0.384. The molecule has 0 fully saturated rings. The maximum Gasteiger partial charge on any atom is 0.269 e. The molecule has 0 aliphatic rings. The molecule has 2 rings (SSSR count). The Balaban J connectivity index is 2.00. The molecule has 25 heavy (non-hydrogen) atoms. The second-order valence-corrected chi connectivity index (χ2v) is 6.90. The molecule has 2 aromatic rings. The van der Waals surface area contributed by atoms with Gasteiger partial charge in [-0.2, -0.15) is 0 Å². The normalized spacial score (nSPS) is 11.1. The Kier molecular flexibility index (Phi) is 5.84. The van der Waals surface area contributed by atoms with Crippen LogP contribution in [0.4, 0.5) is 5.69 Å². The van der Waals surface area contributed by atoms with Gasteiger partial charge in [0.25, 0.3) is 11.6 Å². The topological polar surface area (TPSA) is 118 Å². The maximum absolute atomic E-state index is 12.1. The van der Waals surface area contributed by atoms with Crippen molar-refractivity contribution in [3.8, 4) is 0 Å². The van der Waals surface area contributed by atoms with E-state index < -0.39 is 14.9 Å². The minimum atomic E-state index is -3.56. The van der Waals surface area contributed by atoms with Gasteiger partial charge in [0.2, 0.25) is 10.0 Å². The highest BCUT2D eigenvalue weighted by Gasteiger charge is 2.13. The number of amides is 1. The van der Waals surface area contributed by atoms with Gasteiger partial charge in [-0.05, 0) is 29.8 Å². The first-order valence-electron chi connectivity index (χ1n) is 7.44. The van der Waals surface area contributed by atoms with Crippen LogP contribution < -0.4 is 10.0 Å². The standard InChI is InChI=1S/C16H17N3O5S/c1-2-18-25(23,24)15-9-5-13(6-10-15)16(20)17-11-12-3-7-14(8-4-12)19(21)22/h3-10,18H,2,11H2,1H3,(H,17,20).